The van der Waals surface area contributed by atoms with Crippen LogP contribution in [0, 0.1) is 13.8 Å². The van der Waals surface area contributed by atoms with Gasteiger partial charge >= 0.3 is 0 Å². The number of rotatable bonds is 4. The Kier molecular flexibility index (Phi) is 4.38. The summed E-state index contributed by atoms with van der Waals surface area (Å²) in [7, 11) is 0. The highest BCUT2D eigenvalue weighted by atomic mass is 16.6. The number of hydrogen-bond acceptors (Lipinski definition) is 4. The number of ether oxygens (including phenoxy) is 2. The minimum Gasteiger partial charge on any atom is -0.396 e. The average molecular weight is 339 g/mol. The summed E-state index contributed by atoms with van der Waals surface area (Å²) in [4.78, 5) is 2.33. The third kappa shape index (κ3) is 2.89. The Morgan fingerprint density at radius 1 is 0.960 bits per heavy atom. The number of aliphatic hydroxyl groups is 1. The number of nitrogens with zero attached hydrogens (tertiary/aromatic N) is 1. The first-order valence-corrected chi connectivity index (χ1v) is 8.89. The maximum Gasteiger partial charge on any atom is 0.139 e. The highest BCUT2D eigenvalue weighted by Gasteiger charge is 2.56. The molecule has 2 aliphatic heterocycles. The summed E-state index contributed by atoms with van der Waals surface area (Å²) < 4.78 is 12.5. The second-order valence-corrected chi connectivity index (χ2v) is 7.26. The molecule has 132 valence electrons. The minimum absolute atomic E-state index is 0.129. The van der Waals surface area contributed by atoms with Crippen LogP contribution in [-0.2, 0) is 9.47 Å². The van der Waals surface area contributed by atoms with E-state index >= 15 is 0 Å². The standard InChI is InChI=1S/C21H25NO3/c1-15-5-3-7-17(11-15)19-22-20(18-8-4-6-16(2)12-18)25-14-21(22,9-10-23)13-24-19/h3-8,11-12,19-20,23H,9-10,13-14H2,1-2H3/t19-,20?,21-/m0/s1. The number of benzene rings is 2. The molecular weight excluding hydrogens is 314 g/mol. The van der Waals surface area contributed by atoms with Crippen LogP contribution in [0.2, 0.25) is 0 Å². The summed E-state index contributed by atoms with van der Waals surface area (Å²) in [6.07, 6.45) is 0.344. The molecule has 2 aromatic rings. The van der Waals surface area contributed by atoms with E-state index in [0.29, 0.717) is 19.6 Å². The van der Waals surface area contributed by atoms with Crippen molar-refractivity contribution in [3.63, 3.8) is 0 Å². The molecule has 4 nitrogen and oxygen atoms in total. The Bertz CT molecular complexity index is 703. The van der Waals surface area contributed by atoms with E-state index in [-0.39, 0.29) is 24.6 Å². The van der Waals surface area contributed by atoms with Gasteiger partial charge in [0.05, 0.1) is 18.8 Å². The quantitative estimate of drug-likeness (QED) is 0.926. The summed E-state index contributed by atoms with van der Waals surface area (Å²) in [5.41, 5.74) is 4.45. The fraction of sp³-hybridized carbons (Fsp3) is 0.429. The largest absolute Gasteiger partial charge is 0.396 e. The van der Waals surface area contributed by atoms with Gasteiger partial charge in [-0.2, -0.15) is 0 Å². The molecule has 0 spiro atoms. The monoisotopic (exact) mass is 339 g/mol. The molecule has 0 radical (unpaired) electrons. The molecule has 0 aromatic heterocycles. The Labute approximate surface area is 149 Å². The molecule has 0 saturated carbocycles. The van der Waals surface area contributed by atoms with E-state index in [9.17, 15) is 5.11 Å². The molecular formula is C21H25NO3. The fourth-order valence-corrected chi connectivity index (χ4v) is 4.08. The van der Waals surface area contributed by atoms with Crippen molar-refractivity contribution >= 4 is 0 Å². The first-order chi connectivity index (χ1) is 12.1. The van der Waals surface area contributed by atoms with E-state index in [4.69, 9.17) is 9.47 Å². The van der Waals surface area contributed by atoms with Crippen LogP contribution in [0.5, 0.6) is 0 Å². The SMILES string of the molecule is Cc1cccc(C2OC[C@]3(CCO)CO[C@@H](c4cccc(C)c4)N23)c1. The summed E-state index contributed by atoms with van der Waals surface area (Å²) in [6, 6.07) is 16.9. The van der Waals surface area contributed by atoms with E-state index < -0.39 is 0 Å². The lowest BCUT2D eigenvalue weighted by atomic mass is 9.96. The lowest BCUT2D eigenvalue weighted by molar-refractivity contribution is -0.0623. The van der Waals surface area contributed by atoms with Gasteiger partial charge in [-0.1, -0.05) is 59.7 Å². The molecule has 0 bridgehead atoms. The first kappa shape index (κ1) is 16.7. The summed E-state index contributed by atoms with van der Waals surface area (Å²) in [5.74, 6) is 0. The van der Waals surface area contributed by atoms with Crippen molar-refractivity contribution in [3.8, 4) is 0 Å². The van der Waals surface area contributed by atoms with Gasteiger partial charge in [-0.3, -0.25) is 0 Å². The van der Waals surface area contributed by atoms with Crippen molar-refractivity contribution in [3.05, 3.63) is 70.8 Å². The molecule has 2 aromatic carbocycles. The molecule has 2 saturated heterocycles. The normalized spacial score (nSPS) is 29.1. The predicted octanol–water partition coefficient (Wildman–Crippen LogP) is 3.48. The second kappa shape index (κ2) is 6.54. The third-order valence-electron chi connectivity index (χ3n) is 5.30. The van der Waals surface area contributed by atoms with Gasteiger partial charge in [0.25, 0.3) is 0 Å². The number of aliphatic hydroxyl groups excluding tert-OH is 1. The predicted molar refractivity (Wildman–Crippen MR) is 96.0 cm³/mol. The number of aryl methyl sites for hydroxylation is 2. The zero-order chi connectivity index (χ0) is 17.4. The molecule has 1 unspecified atom stereocenters. The molecule has 0 amide bonds. The minimum atomic E-state index is -0.266. The van der Waals surface area contributed by atoms with E-state index in [1.807, 2.05) is 0 Å². The van der Waals surface area contributed by atoms with Crippen LogP contribution in [-0.4, -0.2) is 35.4 Å². The van der Waals surface area contributed by atoms with Crippen molar-refractivity contribution in [2.75, 3.05) is 19.8 Å². The van der Waals surface area contributed by atoms with Gasteiger partial charge in [0.1, 0.15) is 12.5 Å². The molecule has 1 N–H and O–H groups in total. The van der Waals surface area contributed by atoms with Crippen molar-refractivity contribution in [2.24, 2.45) is 0 Å². The van der Waals surface area contributed by atoms with E-state index in [1.54, 1.807) is 0 Å². The Morgan fingerprint density at radius 3 is 1.92 bits per heavy atom. The summed E-state index contributed by atoms with van der Waals surface area (Å²) in [5, 5.41) is 9.63. The van der Waals surface area contributed by atoms with Gasteiger partial charge in [-0.25, -0.2) is 4.90 Å². The van der Waals surface area contributed by atoms with Crippen molar-refractivity contribution in [1.82, 2.24) is 4.90 Å². The molecule has 0 aliphatic carbocycles. The lowest BCUT2D eigenvalue weighted by Crippen LogP contribution is -2.45. The fourth-order valence-electron chi connectivity index (χ4n) is 4.08. The van der Waals surface area contributed by atoms with Crippen LogP contribution < -0.4 is 0 Å². The highest BCUT2D eigenvalue weighted by molar-refractivity contribution is 5.29. The van der Waals surface area contributed by atoms with Crippen molar-refractivity contribution < 1.29 is 14.6 Å². The maximum atomic E-state index is 9.63. The summed E-state index contributed by atoms with van der Waals surface area (Å²) in [6.45, 7) is 5.48. The molecule has 4 rings (SSSR count). The van der Waals surface area contributed by atoms with Crippen LogP contribution in [0.15, 0.2) is 48.5 Å². The molecule has 3 atom stereocenters. The summed E-state index contributed by atoms with van der Waals surface area (Å²) >= 11 is 0. The van der Waals surface area contributed by atoms with Crippen LogP contribution in [0.3, 0.4) is 0 Å². The molecule has 2 heterocycles. The van der Waals surface area contributed by atoms with Gasteiger partial charge in [-0.05, 0) is 31.4 Å². The van der Waals surface area contributed by atoms with Crippen molar-refractivity contribution in [2.45, 2.75) is 38.3 Å². The molecule has 2 aliphatic rings. The molecule has 2 fully saturated rings. The van der Waals surface area contributed by atoms with Crippen LogP contribution >= 0.6 is 0 Å². The van der Waals surface area contributed by atoms with E-state index in [1.165, 1.54) is 11.1 Å². The Hall–Kier alpha value is -1.72. The molecule has 4 heteroatoms. The van der Waals surface area contributed by atoms with Crippen LogP contribution in [0.1, 0.15) is 41.1 Å². The van der Waals surface area contributed by atoms with Crippen molar-refractivity contribution in [1.29, 1.82) is 0 Å². The third-order valence-corrected chi connectivity index (χ3v) is 5.30. The topological polar surface area (TPSA) is 41.9 Å². The second-order valence-electron chi connectivity index (χ2n) is 7.26. The highest BCUT2D eigenvalue weighted by Crippen LogP contribution is 2.50. The Balaban J connectivity index is 1.75. The molecule has 25 heavy (non-hydrogen) atoms. The van der Waals surface area contributed by atoms with Crippen LogP contribution in [0.4, 0.5) is 0 Å². The van der Waals surface area contributed by atoms with Gasteiger partial charge in [0.2, 0.25) is 0 Å². The Morgan fingerprint density at radius 2 is 1.48 bits per heavy atom. The smallest absolute Gasteiger partial charge is 0.139 e. The number of fused-ring (bicyclic) bond motifs is 1. The van der Waals surface area contributed by atoms with Crippen LogP contribution in [0.25, 0.3) is 0 Å². The van der Waals surface area contributed by atoms with Gasteiger partial charge in [-0.15, -0.1) is 0 Å². The zero-order valence-electron chi connectivity index (χ0n) is 14.8. The zero-order valence-corrected chi connectivity index (χ0v) is 14.8. The first-order valence-electron chi connectivity index (χ1n) is 8.89. The lowest BCUT2D eigenvalue weighted by Gasteiger charge is -2.34. The van der Waals surface area contributed by atoms with E-state index in [2.05, 4.69) is 67.3 Å². The number of hydrogen-bond donors (Lipinski definition) is 1. The van der Waals surface area contributed by atoms with Gasteiger partial charge < -0.3 is 14.6 Å². The van der Waals surface area contributed by atoms with Gasteiger partial charge in [0.15, 0.2) is 0 Å². The maximum absolute atomic E-state index is 9.63. The van der Waals surface area contributed by atoms with Gasteiger partial charge in [0, 0.05) is 6.61 Å². The van der Waals surface area contributed by atoms with E-state index in [0.717, 1.165) is 11.1 Å². The average Bonchev–Trinajstić information content (AvgIpc) is 3.12.